The summed E-state index contributed by atoms with van der Waals surface area (Å²) in [6.07, 6.45) is 0.121. The van der Waals surface area contributed by atoms with Crippen molar-refractivity contribution >= 4 is 23.5 Å². The van der Waals surface area contributed by atoms with Crippen molar-refractivity contribution < 1.29 is 4.74 Å². The van der Waals surface area contributed by atoms with Crippen LogP contribution in [-0.2, 0) is 4.74 Å². The number of aromatic nitrogens is 3. The summed E-state index contributed by atoms with van der Waals surface area (Å²) < 4.78 is 5.65. The van der Waals surface area contributed by atoms with Gasteiger partial charge in [0.2, 0.25) is 17.2 Å². The van der Waals surface area contributed by atoms with Crippen LogP contribution in [0.15, 0.2) is 0 Å². The summed E-state index contributed by atoms with van der Waals surface area (Å²) in [6.45, 7) is 6.43. The number of rotatable bonds is 4. The molecular formula is C10H17ClN6O. The summed E-state index contributed by atoms with van der Waals surface area (Å²) in [7, 11) is 0. The predicted molar refractivity (Wildman–Crippen MR) is 69.6 cm³/mol. The highest BCUT2D eigenvalue weighted by Gasteiger charge is 2.19. The van der Waals surface area contributed by atoms with E-state index in [1.807, 2.05) is 0 Å². The fourth-order valence-electron chi connectivity index (χ4n) is 1.84. The van der Waals surface area contributed by atoms with Gasteiger partial charge < -0.3 is 15.8 Å². The monoisotopic (exact) mass is 272 g/mol. The normalized spacial score (nSPS) is 20.9. The third kappa shape index (κ3) is 3.66. The maximum absolute atomic E-state index is 5.70. The third-order valence-electron chi connectivity index (χ3n) is 2.78. The van der Waals surface area contributed by atoms with E-state index in [4.69, 9.17) is 22.1 Å². The molecule has 0 aliphatic carbocycles. The van der Waals surface area contributed by atoms with Gasteiger partial charge >= 0.3 is 0 Å². The largest absolute Gasteiger partial charge is 0.374 e. The molecule has 2 rings (SSSR count). The molecule has 1 aromatic heterocycles. The molecular weight excluding hydrogens is 256 g/mol. The Bertz CT molecular complexity index is 384. The summed E-state index contributed by atoms with van der Waals surface area (Å²) in [5.41, 5.74) is 5.49. The highest BCUT2D eigenvalue weighted by Crippen LogP contribution is 2.09. The molecule has 0 bridgehead atoms. The molecule has 0 saturated carbocycles. The fraction of sp³-hybridized carbons (Fsp3) is 0.700. The van der Waals surface area contributed by atoms with E-state index in [0.717, 1.165) is 26.2 Å². The molecule has 1 saturated heterocycles. The Labute approximate surface area is 111 Å². The van der Waals surface area contributed by atoms with Crippen molar-refractivity contribution in [3.63, 3.8) is 0 Å². The minimum Gasteiger partial charge on any atom is -0.374 e. The molecule has 7 nitrogen and oxygen atoms in total. The average Bonchev–Trinajstić information content (AvgIpc) is 2.35. The van der Waals surface area contributed by atoms with Gasteiger partial charge in [0, 0.05) is 19.6 Å². The van der Waals surface area contributed by atoms with E-state index in [0.29, 0.717) is 12.5 Å². The van der Waals surface area contributed by atoms with Gasteiger partial charge in [0.15, 0.2) is 0 Å². The molecule has 1 unspecified atom stereocenters. The number of ether oxygens (including phenoxy) is 1. The lowest BCUT2D eigenvalue weighted by Gasteiger charge is -2.32. The first-order valence-electron chi connectivity index (χ1n) is 5.92. The number of halogens is 1. The molecule has 1 aromatic rings. The highest BCUT2D eigenvalue weighted by atomic mass is 35.5. The van der Waals surface area contributed by atoms with Crippen LogP contribution in [0.4, 0.5) is 11.9 Å². The molecule has 2 heterocycles. The average molecular weight is 273 g/mol. The van der Waals surface area contributed by atoms with Crippen LogP contribution in [0.25, 0.3) is 0 Å². The topological polar surface area (TPSA) is 89.2 Å². The van der Waals surface area contributed by atoms with E-state index in [1.54, 1.807) is 0 Å². The van der Waals surface area contributed by atoms with Gasteiger partial charge in [-0.1, -0.05) is 6.92 Å². The number of nitrogens with one attached hydrogen (secondary N) is 1. The summed E-state index contributed by atoms with van der Waals surface area (Å²) in [5.74, 6) is 0.488. The summed E-state index contributed by atoms with van der Waals surface area (Å²) in [6, 6.07) is 0. The molecule has 0 radical (unpaired) electrons. The van der Waals surface area contributed by atoms with Gasteiger partial charge in [-0.05, 0) is 18.1 Å². The van der Waals surface area contributed by atoms with Crippen molar-refractivity contribution in [2.24, 2.45) is 0 Å². The van der Waals surface area contributed by atoms with Crippen LogP contribution < -0.4 is 11.1 Å². The van der Waals surface area contributed by atoms with Gasteiger partial charge in [0.25, 0.3) is 0 Å². The fourth-order valence-corrected chi connectivity index (χ4v) is 2.01. The number of hydrogen-bond donors (Lipinski definition) is 2. The lowest BCUT2D eigenvalue weighted by molar-refractivity contribution is -0.0192. The third-order valence-corrected chi connectivity index (χ3v) is 2.95. The molecule has 18 heavy (non-hydrogen) atoms. The first-order valence-corrected chi connectivity index (χ1v) is 6.30. The Morgan fingerprint density at radius 3 is 3.06 bits per heavy atom. The zero-order chi connectivity index (χ0) is 13.0. The van der Waals surface area contributed by atoms with Crippen molar-refractivity contribution in [3.8, 4) is 0 Å². The zero-order valence-electron chi connectivity index (χ0n) is 10.3. The molecule has 1 aliphatic rings. The molecule has 1 aliphatic heterocycles. The van der Waals surface area contributed by atoms with Crippen molar-refractivity contribution in [1.82, 2.24) is 19.9 Å². The quantitative estimate of drug-likeness (QED) is 0.811. The van der Waals surface area contributed by atoms with Crippen LogP contribution >= 0.6 is 11.6 Å². The van der Waals surface area contributed by atoms with Crippen LogP contribution in [0.3, 0.4) is 0 Å². The van der Waals surface area contributed by atoms with Crippen LogP contribution in [0.5, 0.6) is 0 Å². The van der Waals surface area contributed by atoms with E-state index < -0.39 is 0 Å². The maximum atomic E-state index is 5.70. The minimum atomic E-state index is 0.0877. The van der Waals surface area contributed by atoms with Gasteiger partial charge in [0.1, 0.15) is 0 Å². The number of morpholine rings is 1. The van der Waals surface area contributed by atoms with Crippen molar-refractivity contribution in [2.75, 3.05) is 43.8 Å². The molecule has 3 N–H and O–H groups in total. The van der Waals surface area contributed by atoms with Gasteiger partial charge in [0.05, 0.1) is 12.7 Å². The van der Waals surface area contributed by atoms with Crippen LogP contribution in [-0.4, -0.2) is 58.7 Å². The molecule has 0 aromatic carbocycles. The standard InChI is InChI=1S/C10H17ClN6O/c1-2-17-3-4-18-7(6-17)5-13-10-15-8(11)14-9(12)16-10/h7H,2-6H2,1H3,(H3,12,13,14,15,16). The van der Waals surface area contributed by atoms with Gasteiger partial charge in [-0.2, -0.15) is 15.0 Å². The van der Waals surface area contributed by atoms with Crippen molar-refractivity contribution in [2.45, 2.75) is 13.0 Å². The van der Waals surface area contributed by atoms with Crippen LogP contribution in [0, 0.1) is 0 Å². The summed E-state index contributed by atoms with van der Waals surface area (Å²) in [5, 5.41) is 3.15. The molecule has 1 fully saturated rings. The van der Waals surface area contributed by atoms with Crippen LogP contribution in [0.2, 0.25) is 5.28 Å². The Kier molecular flexibility index (Phi) is 4.51. The molecule has 0 amide bonds. The van der Waals surface area contributed by atoms with Gasteiger partial charge in [-0.15, -0.1) is 0 Å². The second kappa shape index (κ2) is 6.12. The Hall–Kier alpha value is -1.18. The number of likely N-dealkylation sites (N-methyl/N-ethyl adjacent to an activating group) is 1. The number of anilines is 2. The maximum Gasteiger partial charge on any atom is 0.228 e. The lowest BCUT2D eigenvalue weighted by atomic mass is 10.2. The first kappa shape index (κ1) is 13.3. The number of nitrogen functional groups attached to an aromatic ring is 1. The highest BCUT2D eigenvalue weighted by molar-refractivity contribution is 6.28. The van der Waals surface area contributed by atoms with E-state index in [1.165, 1.54) is 0 Å². The number of nitrogens with two attached hydrogens (primary N) is 1. The van der Waals surface area contributed by atoms with E-state index in [2.05, 4.69) is 32.1 Å². The Balaban J connectivity index is 1.87. The summed E-state index contributed by atoms with van der Waals surface area (Å²) >= 11 is 5.70. The zero-order valence-corrected chi connectivity index (χ0v) is 11.0. The minimum absolute atomic E-state index is 0.0877. The smallest absolute Gasteiger partial charge is 0.228 e. The van der Waals surface area contributed by atoms with Crippen molar-refractivity contribution in [3.05, 3.63) is 5.28 Å². The Morgan fingerprint density at radius 2 is 2.33 bits per heavy atom. The van der Waals surface area contributed by atoms with Crippen molar-refractivity contribution in [1.29, 1.82) is 0 Å². The number of hydrogen-bond acceptors (Lipinski definition) is 7. The SMILES string of the molecule is CCN1CCOC(CNc2nc(N)nc(Cl)n2)C1. The molecule has 1 atom stereocenters. The van der Waals surface area contributed by atoms with E-state index >= 15 is 0 Å². The lowest BCUT2D eigenvalue weighted by Crippen LogP contribution is -2.45. The first-order chi connectivity index (χ1) is 8.67. The number of nitrogens with zero attached hydrogens (tertiary/aromatic N) is 4. The van der Waals surface area contributed by atoms with E-state index in [9.17, 15) is 0 Å². The molecule has 8 heteroatoms. The van der Waals surface area contributed by atoms with Gasteiger partial charge in [-0.3, -0.25) is 4.90 Å². The summed E-state index contributed by atoms with van der Waals surface area (Å²) in [4.78, 5) is 13.9. The van der Waals surface area contributed by atoms with Gasteiger partial charge in [-0.25, -0.2) is 0 Å². The van der Waals surface area contributed by atoms with Crippen LogP contribution in [0.1, 0.15) is 6.92 Å². The second-order valence-electron chi connectivity index (χ2n) is 4.05. The Morgan fingerprint density at radius 1 is 1.50 bits per heavy atom. The van der Waals surface area contributed by atoms with E-state index in [-0.39, 0.29) is 17.3 Å². The second-order valence-corrected chi connectivity index (χ2v) is 4.39. The predicted octanol–water partition coefficient (Wildman–Crippen LogP) is 0.240. The molecule has 100 valence electrons. The molecule has 0 spiro atoms.